The van der Waals surface area contributed by atoms with Crippen LogP contribution in [0.3, 0.4) is 0 Å². The topological polar surface area (TPSA) is 67.5 Å². The van der Waals surface area contributed by atoms with Crippen LogP contribution in [0.1, 0.15) is 62.6 Å². The van der Waals surface area contributed by atoms with Crippen molar-refractivity contribution in [3.05, 3.63) is 40.0 Å². The van der Waals surface area contributed by atoms with Crippen molar-refractivity contribution < 1.29 is 14.3 Å². The Kier molecular flexibility index (Phi) is 5.74. The second-order valence-electron chi connectivity index (χ2n) is 5.26. The van der Waals surface area contributed by atoms with Crippen LogP contribution in [-0.2, 0) is 0 Å². The van der Waals surface area contributed by atoms with Gasteiger partial charge in [-0.05, 0) is 19.8 Å². The maximum atomic E-state index is 11.9. The van der Waals surface area contributed by atoms with Crippen molar-refractivity contribution in [2.75, 3.05) is 0 Å². The Hall–Kier alpha value is -1.84. The van der Waals surface area contributed by atoms with E-state index in [-0.39, 0.29) is 23.1 Å². The molecule has 1 unspecified atom stereocenters. The van der Waals surface area contributed by atoms with E-state index < -0.39 is 11.4 Å². The summed E-state index contributed by atoms with van der Waals surface area (Å²) in [6.45, 7) is 7.22. The van der Waals surface area contributed by atoms with Crippen LogP contribution in [0.2, 0.25) is 0 Å². The summed E-state index contributed by atoms with van der Waals surface area (Å²) in [6.07, 6.45) is 5.68. The van der Waals surface area contributed by atoms with Gasteiger partial charge < -0.3 is 9.52 Å². The lowest BCUT2D eigenvalue weighted by Gasteiger charge is -2.11. The number of carbonyl (C=O) groups is 1. The molecule has 0 radical (unpaired) electrons. The molecular formula is C16H22O4. The quantitative estimate of drug-likeness (QED) is 0.637. The summed E-state index contributed by atoms with van der Waals surface area (Å²) >= 11 is 0. The Labute approximate surface area is 119 Å². The van der Waals surface area contributed by atoms with E-state index in [0.717, 1.165) is 12.8 Å². The molecule has 1 atom stereocenters. The molecule has 110 valence electrons. The van der Waals surface area contributed by atoms with Crippen LogP contribution in [0.5, 0.6) is 5.75 Å². The molecule has 0 spiro atoms. The van der Waals surface area contributed by atoms with Crippen molar-refractivity contribution in [2.24, 2.45) is 5.92 Å². The third-order valence-electron chi connectivity index (χ3n) is 3.21. The van der Waals surface area contributed by atoms with Crippen LogP contribution in [0.25, 0.3) is 0 Å². The Morgan fingerprint density at radius 3 is 2.55 bits per heavy atom. The number of rotatable bonds is 6. The van der Waals surface area contributed by atoms with Crippen LogP contribution in [0.4, 0.5) is 0 Å². The second-order valence-corrected chi connectivity index (χ2v) is 5.26. The van der Waals surface area contributed by atoms with Gasteiger partial charge in [-0.25, -0.2) is 4.79 Å². The van der Waals surface area contributed by atoms with Crippen LogP contribution < -0.4 is 5.63 Å². The highest BCUT2D eigenvalue weighted by molar-refractivity contribution is 5.99. The van der Waals surface area contributed by atoms with Gasteiger partial charge in [0.05, 0.1) is 0 Å². The Morgan fingerprint density at radius 2 is 2.05 bits per heavy atom. The fourth-order valence-corrected chi connectivity index (χ4v) is 1.91. The lowest BCUT2D eigenvalue weighted by molar-refractivity contribution is 0.0931. The van der Waals surface area contributed by atoms with E-state index in [0.29, 0.717) is 5.76 Å². The van der Waals surface area contributed by atoms with Gasteiger partial charge in [0.2, 0.25) is 0 Å². The summed E-state index contributed by atoms with van der Waals surface area (Å²) in [4.78, 5) is 23.7. The number of hydrogen-bond donors (Lipinski definition) is 1. The summed E-state index contributed by atoms with van der Waals surface area (Å²) in [5.41, 5.74) is -0.999. The van der Waals surface area contributed by atoms with E-state index in [9.17, 15) is 14.7 Å². The molecule has 1 aromatic heterocycles. The Bertz CT molecular complexity index is 552. The molecule has 0 aliphatic rings. The minimum Gasteiger partial charge on any atom is -0.507 e. The highest BCUT2D eigenvalue weighted by atomic mass is 16.4. The second kappa shape index (κ2) is 7.08. The summed E-state index contributed by atoms with van der Waals surface area (Å²) in [7, 11) is 0. The van der Waals surface area contributed by atoms with Crippen molar-refractivity contribution in [3.63, 3.8) is 0 Å². The maximum absolute atomic E-state index is 11.9. The fraction of sp³-hybridized carbons (Fsp3) is 0.500. The van der Waals surface area contributed by atoms with Crippen molar-refractivity contribution in [3.8, 4) is 5.75 Å². The van der Waals surface area contributed by atoms with Crippen molar-refractivity contribution in [1.82, 2.24) is 0 Å². The Balaban J connectivity index is 3.05. The van der Waals surface area contributed by atoms with Gasteiger partial charge in [0, 0.05) is 17.9 Å². The standard InChI is InChI=1S/C16H22O4/c1-5-6-7-8-11(4)13-9-12(17)14(16(19)20-13)15(18)10(2)3/h5-6,9-11,17H,7-8H2,1-4H3/b6-5+. The third kappa shape index (κ3) is 3.83. The molecule has 0 bridgehead atoms. The number of carbonyl (C=O) groups excluding carboxylic acids is 1. The van der Waals surface area contributed by atoms with Crippen molar-refractivity contribution in [2.45, 2.75) is 46.5 Å². The normalized spacial score (nSPS) is 13.1. The summed E-state index contributed by atoms with van der Waals surface area (Å²) in [5, 5.41) is 9.92. The van der Waals surface area contributed by atoms with Gasteiger partial charge >= 0.3 is 5.63 Å². The average molecular weight is 278 g/mol. The van der Waals surface area contributed by atoms with Crippen LogP contribution in [0, 0.1) is 5.92 Å². The summed E-state index contributed by atoms with van der Waals surface area (Å²) in [5.74, 6) is -0.621. The van der Waals surface area contributed by atoms with Crippen molar-refractivity contribution in [1.29, 1.82) is 0 Å². The zero-order valence-corrected chi connectivity index (χ0v) is 12.5. The van der Waals surface area contributed by atoms with Gasteiger partial charge in [0.15, 0.2) is 5.78 Å². The van der Waals surface area contributed by atoms with Gasteiger partial charge in [-0.1, -0.05) is 32.9 Å². The molecule has 1 N–H and O–H groups in total. The van der Waals surface area contributed by atoms with Gasteiger partial charge in [-0.2, -0.15) is 0 Å². The van der Waals surface area contributed by atoms with E-state index >= 15 is 0 Å². The van der Waals surface area contributed by atoms with Crippen LogP contribution >= 0.6 is 0 Å². The molecule has 20 heavy (non-hydrogen) atoms. The predicted molar refractivity (Wildman–Crippen MR) is 78.3 cm³/mol. The number of allylic oxidation sites excluding steroid dienone is 2. The molecule has 4 heteroatoms. The molecule has 0 saturated heterocycles. The van der Waals surface area contributed by atoms with Gasteiger partial charge in [-0.3, -0.25) is 4.79 Å². The molecule has 1 rings (SSSR count). The molecule has 0 aliphatic heterocycles. The molecule has 0 saturated carbocycles. The molecule has 1 heterocycles. The zero-order valence-electron chi connectivity index (χ0n) is 12.5. The first-order chi connectivity index (χ1) is 9.38. The largest absolute Gasteiger partial charge is 0.507 e. The maximum Gasteiger partial charge on any atom is 0.350 e. The number of ketones is 1. The van der Waals surface area contributed by atoms with E-state index in [1.807, 2.05) is 26.0 Å². The first kappa shape index (κ1) is 16.2. The zero-order chi connectivity index (χ0) is 15.3. The molecule has 0 aliphatic carbocycles. The smallest absolute Gasteiger partial charge is 0.350 e. The lowest BCUT2D eigenvalue weighted by atomic mass is 9.98. The summed E-state index contributed by atoms with van der Waals surface area (Å²) < 4.78 is 5.19. The minimum atomic E-state index is -0.753. The van der Waals surface area contributed by atoms with Gasteiger partial charge in [0.1, 0.15) is 17.1 Å². The Morgan fingerprint density at radius 1 is 1.40 bits per heavy atom. The average Bonchev–Trinajstić information content (AvgIpc) is 2.37. The SMILES string of the molecule is C/C=C/CCC(C)c1cc(O)c(C(=O)C(C)C)c(=O)o1. The number of aromatic hydroxyl groups is 1. The van der Waals surface area contributed by atoms with Gasteiger partial charge in [-0.15, -0.1) is 0 Å². The van der Waals surface area contributed by atoms with E-state index in [4.69, 9.17) is 4.42 Å². The molecule has 0 aromatic carbocycles. The van der Waals surface area contributed by atoms with E-state index in [1.165, 1.54) is 6.07 Å². The molecule has 1 aromatic rings. The molecule has 4 nitrogen and oxygen atoms in total. The molecule has 0 amide bonds. The first-order valence-corrected chi connectivity index (χ1v) is 6.90. The number of hydrogen-bond acceptors (Lipinski definition) is 4. The monoisotopic (exact) mass is 278 g/mol. The van der Waals surface area contributed by atoms with Crippen LogP contribution in [0.15, 0.2) is 27.4 Å². The predicted octanol–water partition coefficient (Wildman–Crippen LogP) is 3.64. The molecular weight excluding hydrogens is 256 g/mol. The highest BCUT2D eigenvalue weighted by Crippen LogP contribution is 2.25. The molecule has 0 fully saturated rings. The van der Waals surface area contributed by atoms with Gasteiger partial charge in [0.25, 0.3) is 0 Å². The highest BCUT2D eigenvalue weighted by Gasteiger charge is 2.22. The van der Waals surface area contributed by atoms with E-state index in [1.54, 1.807) is 13.8 Å². The van der Waals surface area contributed by atoms with Crippen molar-refractivity contribution >= 4 is 5.78 Å². The fourth-order valence-electron chi connectivity index (χ4n) is 1.91. The first-order valence-electron chi connectivity index (χ1n) is 6.90. The van der Waals surface area contributed by atoms with Crippen LogP contribution in [-0.4, -0.2) is 10.9 Å². The summed E-state index contributed by atoms with van der Waals surface area (Å²) in [6, 6.07) is 1.39. The number of Topliss-reactive ketones (excluding diaryl/α,β-unsaturated/α-hetero) is 1. The lowest BCUT2D eigenvalue weighted by Crippen LogP contribution is -2.19. The minimum absolute atomic E-state index is 0.00741. The third-order valence-corrected chi connectivity index (χ3v) is 3.21. The van der Waals surface area contributed by atoms with E-state index in [2.05, 4.69) is 0 Å².